The fourth-order valence-electron chi connectivity index (χ4n) is 1.33. The summed E-state index contributed by atoms with van der Waals surface area (Å²) in [5, 5.41) is 2.49. The molecule has 0 radical (unpaired) electrons. The third-order valence-corrected chi connectivity index (χ3v) is 2.38. The van der Waals surface area contributed by atoms with E-state index in [9.17, 15) is 9.59 Å². The summed E-state index contributed by atoms with van der Waals surface area (Å²) < 4.78 is 9.29. The highest BCUT2D eigenvalue weighted by atomic mass is 16.5. The van der Waals surface area contributed by atoms with Crippen molar-refractivity contribution < 1.29 is 19.1 Å². The number of hydrogen-bond acceptors (Lipinski definition) is 6. The van der Waals surface area contributed by atoms with Gasteiger partial charge in [-0.15, -0.1) is 0 Å². The van der Waals surface area contributed by atoms with Crippen molar-refractivity contribution in [1.82, 2.24) is 5.32 Å². The average molecular weight is 383 g/mol. The molecule has 9 heteroatoms. The second-order valence-corrected chi connectivity index (χ2v) is 4.40. The van der Waals surface area contributed by atoms with E-state index in [4.69, 9.17) is 16.2 Å². The number of rotatable bonds is 8. The van der Waals surface area contributed by atoms with Gasteiger partial charge in [0.15, 0.2) is 5.96 Å². The smallest absolute Gasteiger partial charge is 0.406 e. The van der Waals surface area contributed by atoms with Crippen LogP contribution in [0.4, 0.5) is 4.79 Å². The molecule has 0 saturated heterocycles. The summed E-state index contributed by atoms with van der Waals surface area (Å²) in [6, 6.07) is 0. The molecule has 154 valence electrons. The number of esters is 1. The van der Waals surface area contributed by atoms with Gasteiger partial charge in [-0.3, -0.25) is 9.79 Å². The van der Waals surface area contributed by atoms with Crippen LogP contribution in [0.1, 0.15) is 20.3 Å². The van der Waals surface area contributed by atoms with Gasteiger partial charge in [-0.25, -0.2) is 4.79 Å². The largest absolute Gasteiger partial charge is 0.453 e. The second-order valence-electron chi connectivity index (χ2n) is 4.40. The minimum Gasteiger partial charge on any atom is -0.453 e. The first-order chi connectivity index (χ1) is 12.8. The minimum absolute atomic E-state index is 0.0630. The van der Waals surface area contributed by atoms with Gasteiger partial charge in [0, 0.05) is 25.6 Å². The molecule has 7 N–H and O–H groups in total. The average Bonchev–Trinajstić information content (AvgIpc) is 2.64. The van der Waals surface area contributed by atoms with E-state index in [0.29, 0.717) is 30.8 Å². The van der Waals surface area contributed by atoms with Crippen molar-refractivity contribution in [2.75, 3.05) is 27.2 Å². The van der Waals surface area contributed by atoms with Crippen molar-refractivity contribution in [2.45, 2.75) is 20.3 Å². The van der Waals surface area contributed by atoms with Crippen LogP contribution in [0, 0.1) is 0 Å². The van der Waals surface area contributed by atoms with Gasteiger partial charge in [-0.1, -0.05) is 31.4 Å². The summed E-state index contributed by atoms with van der Waals surface area (Å²) >= 11 is 0. The molecule has 0 aliphatic carbocycles. The molecule has 0 spiro atoms. The van der Waals surface area contributed by atoms with Crippen LogP contribution in [0.3, 0.4) is 0 Å². The molecule has 0 aliphatic heterocycles. The van der Waals surface area contributed by atoms with Crippen LogP contribution in [0.5, 0.6) is 0 Å². The van der Waals surface area contributed by atoms with Crippen LogP contribution in [-0.4, -0.2) is 45.3 Å². The number of nitrogens with zero attached hydrogens (tertiary/aromatic N) is 1. The summed E-state index contributed by atoms with van der Waals surface area (Å²) in [5.41, 5.74) is 15.4. The van der Waals surface area contributed by atoms with Crippen molar-refractivity contribution in [1.29, 1.82) is 0 Å². The topological polar surface area (TPSA) is 155 Å². The Morgan fingerprint density at radius 1 is 1.19 bits per heavy atom. The molecule has 9 nitrogen and oxygen atoms in total. The lowest BCUT2D eigenvalue weighted by Gasteiger charge is -2.04. The van der Waals surface area contributed by atoms with E-state index in [2.05, 4.69) is 33.9 Å². The highest BCUT2D eigenvalue weighted by molar-refractivity contribution is 5.75. The molecular formula is C18H33N5O4. The van der Waals surface area contributed by atoms with Crippen molar-refractivity contribution >= 4 is 18.0 Å². The lowest BCUT2D eigenvalue weighted by atomic mass is 10.2. The first kappa shape index (κ1) is 28.7. The van der Waals surface area contributed by atoms with Gasteiger partial charge in [-0.05, 0) is 26.5 Å². The molecule has 0 aromatic carbocycles. The predicted molar refractivity (Wildman–Crippen MR) is 110 cm³/mol. The molecule has 0 unspecified atom stereocenters. The van der Waals surface area contributed by atoms with Gasteiger partial charge in [0.1, 0.15) is 5.76 Å². The Morgan fingerprint density at radius 2 is 1.74 bits per heavy atom. The zero-order chi connectivity index (χ0) is 21.7. The SMILES string of the molecule is C=CC(C=C)=C(/C=C\C)OC(C)=O.CN.COC(=O)NCCCN=C(N)N. The molecule has 0 saturated carbocycles. The molecule has 0 aliphatic rings. The number of alkyl carbamates (subject to hydrolysis) is 1. The molecule has 0 aromatic rings. The molecular weight excluding hydrogens is 350 g/mol. The van der Waals surface area contributed by atoms with Crippen LogP contribution in [-0.2, 0) is 14.3 Å². The summed E-state index contributed by atoms with van der Waals surface area (Å²) in [4.78, 5) is 24.9. The minimum atomic E-state index is -0.445. The van der Waals surface area contributed by atoms with Crippen LogP contribution >= 0.6 is 0 Å². The molecule has 0 atom stereocenters. The number of allylic oxidation sites excluding steroid dienone is 5. The fraction of sp³-hybridized carbons (Fsp3) is 0.389. The molecule has 0 aromatic heterocycles. The normalized spacial score (nSPS) is 8.63. The number of carbonyl (C=O) groups is 2. The predicted octanol–water partition coefficient (Wildman–Crippen LogP) is 1.33. The monoisotopic (exact) mass is 383 g/mol. The molecule has 27 heavy (non-hydrogen) atoms. The molecule has 0 heterocycles. The summed E-state index contributed by atoms with van der Waals surface area (Å²) in [7, 11) is 2.81. The van der Waals surface area contributed by atoms with E-state index in [1.807, 2.05) is 6.92 Å². The Bertz CT molecular complexity index is 526. The van der Waals surface area contributed by atoms with E-state index in [0.717, 1.165) is 0 Å². The number of nitrogens with two attached hydrogens (primary N) is 3. The van der Waals surface area contributed by atoms with Gasteiger partial charge in [0.05, 0.1) is 7.11 Å². The molecule has 0 bridgehead atoms. The van der Waals surface area contributed by atoms with E-state index in [-0.39, 0.29) is 11.9 Å². The highest BCUT2D eigenvalue weighted by Crippen LogP contribution is 2.10. The maximum atomic E-state index is 10.7. The number of carbonyl (C=O) groups excluding carboxylic acids is 2. The van der Waals surface area contributed by atoms with Crippen molar-refractivity contribution in [3.8, 4) is 0 Å². The number of aliphatic imine (C=N–C) groups is 1. The van der Waals surface area contributed by atoms with E-state index >= 15 is 0 Å². The molecule has 0 rings (SSSR count). The number of nitrogens with one attached hydrogen (secondary N) is 1. The van der Waals surface area contributed by atoms with Crippen molar-refractivity contribution in [2.24, 2.45) is 22.2 Å². The van der Waals surface area contributed by atoms with E-state index in [1.54, 1.807) is 24.3 Å². The number of methoxy groups -OCH3 is 1. The Hall–Kier alpha value is -3.07. The summed E-state index contributed by atoms with van der Waals surface area (Å²) in [6.07, 6.45) is 6.90. The second kappa shape index (κ2) is 21.0. The van der Waals surface area contributed by atoms with Crippen LogP contribution in [0.15, 0.2) is 53.8 Å². The van der Waals surface area contributed by atoms with E-state index in [1.165, 1.54) is 21.1 Å². The Balaban J connectivity index is -0.000000391. The van der Waals surface area contributed by atoms with Gasteiger partial charge in [0.25, 0.3) is 0 Å². The highest BCUT2D eigenvalue weighted by Gasteiger charge is 2.01. The first-order valence-corrected chi connectivity index (χ1v) is 8.07. The zero-order valence-electron chi connectivity index (χ0n) is 16.7. The zero-order valence-corrected chi connectivity index (χ0v) is 16.7. The molecule has 0 fully saturated rings. The summed E-state index contributed by atoms with van der Waals surface area (Å²) in [6.45, 7) is 11.4. The Kier molecular flexibility index (Phi) is 22.3. The lowest BCUT2D eigenvalue weighted by molar-refractivity contribution is -0.136. The Labute approximate surface area is 161 Å². The maximum Gasteiger partial charge on any atom is 0.406 e. The van der Waals surface area contributed by atoms with E-state index < -0.39 is 6.09 Å². The van der Waals surface area contributed by atoms with Gasteiger partial charge in [-0.2, -0.15) is 0 Å². The van der Waals surface area contributed by atoms with Gasteiger partial charge >= 0.3 is 12.1 Å². The fourth-order valence-corrected chi connectivity index (χ4v) is 1.33. The standard InChI is InChI=1S/C11H14O2.C6H14N4O2.CH5N/c1-5-8-11(13-9(4)12)10(6-2)7-3;1-12-6(11)10-4-2-3-9-5(7)8;1-2/h5-8H,2-3H2,1,4H3;2-4H2,1H3,(H,10,11)(H4,7,8,9);2H2,1H3/b8-5-;;. The number of ether oxygens (including phenoxy) is 2. The maximum absolute atomic E-state index is 10.7. The quantitative estimate of drug-likeness (QED) is 0.123. The van der Waals surface area contributed by atoms with Crippen molar-refractivity contribution in [3.05, 3.63) is 48.8 Å². The number of hydrogen-bond donors (Lipinski definition) is 4. The molecule has 1 amide bonds. The number of amides is 1. The first-order valence-electron chi connectivity index (χ1n) is 8.07. The van der Waals surface area contributed by atoms with Crippen LogP contribution < -0.4 is 22.5 Å². The summed E-state index contributed by atoms with van der Waals surface area (Å²) in [5.74, 6) is 0.183. The lowest BCUT2D eigenvalue weighted by Crippen LogP contribution is -2.26. The van der Waals surface area contributed by atoms with Crippen LogP contribution in [0.2, 0.25) is 0 Å². The van der Waals surface area contributed by atoms with Crippen LogP contribution in [0.25, 0.3) is 0 Å². The Morgan fingerprint density at radius 3 is 2.11 bits per heavy atom. The number of guanidine groups is 1. The van der Waals surface area contributed by atoms with Crippen molar-refractivity contribution in [3.63, 3.8) is 0 Å². The van der Waals surface area contributed by atoms with Gasteiger partial charge in [0.2, 0.25) is 0 Å². The van der Waals surface area contributed by atoms with Gasteiger partial charge < -0.3 is 32.0 Å². The third kappa shape index (κ3) is 20.9. The third-order valence-electron chi connectivity index (χ3n) is 2.38.